The summed E-state index contributed by atoms with van der Waals surface area (Å²) in [6.45, 7) is 0. The van der Waals surface area contributed by atoms with Crippen LogP contribution in [0.2, 0.25) is 0 Å². The van der Waals surface area contributed by atoms with Crippen LogP contribution < -0.4 is 0 Å². The number of carbonyl (C=O) groups is 1. The van der Waals surface area contributed by atoms with E-state index in [2.05, 4.69) is 4.98 Å². The Bertz CT molecular complexity index is 265. The second kappa shape index (κ2) is 3.68. The van der Waals surface area contributed by atoms with Gasteiger partial charge in [-0.1, -0.05) is 6.07 Å². The molecule has 0 saturated heterocycles. The van der Waals surface area contributed by atoms with Crippen LogP contribution >= 0.6 is 12.4 Å². The minimum Gasteiger partial charge on any atom is -0.300 e. The Labute approximate surface area is 77.4 Å². The highest BCUT2D eigenvalue weighted by atomic mass is 35.5. The Morgan fingerprint density at radius 2 is 2.17 bits per heavy atom. The van der Waals surface area contributed by atoms with Crippen LogP contribution in [0.15, 0.2) is 24.5 Å². The van der Waals surface area contributed by atoms with Crippen molar-refractivity contribution in [2.45, 2.75) is 18.8 Å². The zero-order valence-corrected chi connectivity index (χ0v) is 7.38. The van der Waals surface area contributed by atoms with Crippen molar-refractivity contribution in [3.63, 3.8) is 0 Å². The highest BCUT2D eigenvalue weighted by Gasteiger charge is 2.27. The molecule has 0 amide bonds. The molecule has 1 aliphatic rings. The monoisotopic (exact) mass is 183 g/mol. The summed E-state index contributed by atoms with van der Waals surface area (Å²) < 4.78 is 0. The normalized spacial score (nSPS) is 16.5. The summed E-state index contributed by atoms with van der Waals surface area (Å²) in [5.74, 6) is 0.829. The molecule has 12 heavy (non-hydrogen) atoms. The fourth-order valence-corrected chi connectivity index (χ4v) is 1.34. The Hall–Kier alpha value is -0.890. The van der Waals surface area contributed by atoms with Gasteiger partial charge in [0.25, 0.3) is 0 Å². The summed E-state index contributed by atoms with van der Waals surface area (Å²) in [5, 5.41) is 0. The molecule has 0 spiro atoms. The lowest BCUT2D eigenvalue weighted by Crippen LogP contribution is -2.20. The van der Waals surface area contributed by atoms with E-state index in [9.17, 15) is 4.79 Å². The topological polar surface area (TPSA) is 30.0 Å². The van der Waals surface area contributed by atoms with Gasteiger partial charge in [0.05, 0.1) is 0 Å². The minimum atomic E-state index is 0. The fraction of sp³-hybridized carbons (Fsp3) is 0.333. The van der Waals surface area contributed by atoms with Gasteiger partial charge in [0.2, 0.25) is 0 Å². The first-order chi connectivity index (χ1) is 5.36. The Morgan fingerprint density at radius 1 is 1.42 bits per heavy atom. The maximum Gasteiger partial charge on any atom is 0.134 e. The second-order valence-corrected chi connectivity index (χ2v) is 2.93. The molecule has 0 bridgehead atoms. The molecule has 1 fully saturated rings. The molecule has 0 atom stereocenters. The SMILES string of the molecule is Cl.O=C1CC(c2cccnc2)C1. The predicted octanol–water partition coefficient (Wildman–Crippen LogP) is 1.95. The minimum absolute atomic E-state index is 0. The van der Waals surface area contributed by atoms with Gasteiger partial charge < -0.3 is 0 Å². The van der Waals surface area contributed by atoms with Gasteiger partial charge in [-0.3, -0.25) is 9.78 Å². The van der Waals surface area contributed by atoms with Crippen molar-refractivity contribution in [1.29, 1.82) is 0 Å². The Balaban J connectivity index is 0.000000720. The van der Waals surface area contributed by atoms with Gasteiger partial charge in [-0.2, -0.15) is 0 Å². The van der Waals surface area contributed by atoms with Gasteiger partial charge in [0.15, 0.2) is 0 Å². The molecule has 3 heteroatoms. The Kier molecular flexibility index (Phi) is 2.82. The molecule has 0 N–H and O–H groups in total. The van der Waals surface area contributed by atoms with Gasteiger partial charge >= 0.3 is 0 Å². The smallest absolute Gasteiger partial charge is 0.134 e. The lowest BCUT2D eigenvalue weighted by Gasteiger charge is -2.23. The summed E-state index contributed by atoms with van der Waals surface area (Å²) in [7, 11) is 0. The number of halogens is 1. The highest BCUT2D eigenvalue weighted by Crippen LogP contribution is 2.32. The van der Waals surface area contributed by atoms with Crippen molar-refractivity contribution in [2.75, 3.05) is 0 Å². The number of carbonyl (C=O) groups excluding carboxylic acids is 1. The molecular formula is C9H10ClNO. The van der Waals surface area contributed by atoms with Crippen LogP contribution in [-0.4, -0.2) is 10.8 Å². The number of nitrogens with zero attached hydrogens (tertiary/aromatic N) is 1. The number of pyridine rings is 1. The third-order valence-electron chi connectivity index (χ3n) is 2.10. The molecular weight excluding hydrogens is 174 g/mol. The van der Waals surface area contributed by atoms with Gasteiger partial charge in [-0.15, -0.1) is 12.4 Å². The summed E-state index contributed by atoms with van der Waals surface area (Å²) in [6.07, 6.45) is 5.03. The molecule has 0 radical (unpaired) electrons. The third kappa shape index (κ3) is 1.64. The van der Waals surface area contributed by atoms with E-state index in [1.807, 2.05) is 18.3 Å². The Morgan fingerprint density at radius 3 is 2.67 bits per heavy atom. The van der Waals surface area contributed by atoms with Gasteiger partial charge in [-0.25, -0.2) is 0 Å². The fourth-order valence-electron chi connectivity index (χ4n) is 1.34. The van der Waals surface area contributed by atoms with E-state index in [1.54, 1.807) is 6.20 Å². The second-order valence-electron chi connectivity index (χ2n) is 2.93. The van der Waals surface area contributed by atoms with Crippen LogP contribution in [0.25, 0.3) is 0 Å². The number of rotatable bonds is 1. The molecule has 1 aliphatic carbocycles. The third-order valence-corrected chi connectivity index (χ3v) is 2.10. The van der Waals surface area contributed by atoms with Crippen molar-refractivity contribution >= 4 is 18.2 Å². The maximum atomic E-state index is 10.7. The highest BCUT2D eigenvalue weighted by molar-refractivity contribution is 5.86. The molecule has 1 saturated carbocycles. The number of hydrogen-bond acceptors (Lipinski definition) is 2. The number of Topliss-reactive ketones (excluding diaryl/α,β-unsaturated/α-hetero) is 1. The maximum absolute atomic E-state index is 10.7. The predicted molar refractivity (Wildman–Crippen MR) is 48.5 cm³/mol. The summed E-state index contributed by atoms with van der Waals surface area (Å²) >= 11 is 0. The molecule has 0 unspecified atom stereocenters. The van der Waals surface area contributed by atoms with Crippen LogP contribution in [0.5, 0.6) is 0 Å². The molecule has 0 aliphatic heterocycles. The van der Waals surface area contributed by atoms with Crippen LogP contribution in [-0.2, 0) is 4.79 Å². The lowest BCUT2D eigenvalue weighted by atomic mass is 9.80. The van der Waals surface area contributed by atoms with E-state index in [0.29, 0.717) is 24.5 Å². The summed E-state index contributed by atoms with van der Waals surface area (Å²) in [5.41, 5.74) is 1.20. The van der Waals surface area contributed by atoms with E-state index < -0.39 is 0 Å². The zero-order valence-electron chi connectivity index (χ0n) is 6.56. The van der Waals surface area contributed by atoms with Crippen molar-refractivity contribution in [3.8, 4) is 0 Å². The lowest BCUT2D eigenvalue weighted by molar-refractivity contribution is -0.124. The molecule has 2 rings (SSSR count). The molecule has 0 aromatic carbocycles. The van der Waals surface area contributed by atoms with Crippen LogP contribution in [0.4, 0.5) is 0 Å². The van der Waals surface area contributed by atoms with E-state index in [-0.39, 0.29) is 12.4 Å². The van der Waals surface area contributed by atoms with Gasteiger partial charge in [0, 0.05) is 25.2 Å². The van der Waals surface area contributed by atoms with Gasteiger partial charge in [0.1, 0.15) is 5.78 Å². The molecule has 2 nitrogen and oxygen atoms in total. The molecule has 1 aromatic rings. The molecule has 1 heterocycles. The van der Waals surface area contributed by atoms with Gasteiger partial charge in [-0.05, 0) is 17.5 Å². The largest absolute Gasteiger partial charge is 0.300 e. The van der Waals surface area contributed by atoms with E-state index in [4.69, 9.17) is 0 Å². The van der Waals surface area contributed by atoms with Crippen molar-refractivity contribution in [1.82, 2.24) is 4.98 Å². The first-order valence-electron chi connectivity index (χ1n) is 3.78. The number of aromatic nitrogens is 1. The summed E-state index contributed by atoms with van der Waals surface area (Å²) in [4.78, 5) is 14.7. The standard InChI is InChI=1S/C9H9NO.ClH/c11-9-4-8(5-9)7-2-1-3-10-6-7;/h1-3,6,8H,4-5H2;1H. The first-order valence-corrected chi connectivity index (χ1v) is 3.78. The quantitative estimate of drug-likeness (QED) is 0.666. The average Bonchev–Trinajstić information content (AvgIpc) is 2.01. The van der Waals surface area contributed by atoms with Crippen LogP contribution in [0.3, 0.4) is 0 Å². The van der Waals surface area contributed by atoms with E-state index >= 15 is 0 Å². The molecule has 1 aromatic heterocycles. The summed E-state index contributed by atoms with van der Waals surface area (Å²) in [6, 6.07) is 3.95. The number of ketones is 1. The number of hydrogen-bond donors (Lipinski definition) is 0. The van der Waals surface area contributed by atoms with Crippen LogP contribution in [0, 0.1) is 0 Å². The zero-order chi connectivity index (χ0) is 7.68. The van der Waals surface area contributed by atoms with Crippen LogP contribution in [0.1, 0.15) is 24.3 Å². The average molecular weight is 184 g/mol. The van der Waals surface area contributed by atoms with Crippen molar-refractivity contribution in [3.05, 3.63) is 30.1 Å². The van der Waals surface area contributed by atoms with Crippen molar-refractivity contribution in [2.24, 2.45) is 0 Å². The first kappa shape index (κ1) is 9.20. The van der Waals surface area contributed by atoms with Crippen molar-refractivity contribution < 1.29 is 4.79 Å². The molecule has 64 valence electrons. The van der Waals surface area contributed by atoms with E-state index in [1.165, 1.54) is 5.56 Å². The van der Waals surface area contributed by atoms with E-state index in [0.717, 1.165) is 0 Å².